The molecule has 1 N–H and O–H groups in total. The first kappa shape index (κ1) is 17.0. The zero-order valence-corrected chi connectivity index (χ0v) is 16.4. The molecule has 1 aliphatic heterocycles. The van der Waals surface area contributed by atoms with Crippen LogP contribution in [-0.2, 0) is 19.9 Å². The molecular formula is C21H30N6. The maximum atomic E-state index is 4.93. The van der Waals surface area contributed by atoms with Crippen molar-refractivity contribution in [3.63, 3.8) is 0 Å². The van der Waals surface area contributed by atoms with Gasteiger partial charge in [-0.15, -0.1) is 0 Å². The van der Waals surface area contributed by atoms with Crippen LogP contribution < -0.4 is 10.2 Å². The van der Waals surface area contributed by atoms with E-state index in [2.05, 4.69) is 28.0 Å². The molecule has 2 aromatic rings. The van der Waals surface area contributed by atoms with Gasteiger partial charge in [0.15, 0.2) is 0 Å². The molecular weight excluding hydrogens is 336 g/mol. The van der Waals surface area contributed by atoms with E-state index in [1.54, 1.807) is 0 Å². The molecule has 1 saturated heterocycles. The van der Waals surface area contributed by atoms with E-state index in [9.17, 15) is 0 Å². The molecule has 0 atom stereocenters. The summed E-state index contributed by atoms with van der Waals surface area (Å²) in [6.45, 7) is 2.15. The number of aryl methyl sites for hydroxylation is 1. The van der Waals surface area contributed by atoms with Gasteiger partial charge in [0.1, 0.15) is 5.82 Å². The fourth-order valence-electron chi connectivity index (χ4n) is 5.00. The highest BCUT2D eigenvalue weighted by Gasteiger charge is 2.25. The molecule has 0 aromatic carbocycles. The van der Waals surface area contributed by atoms with E-state index in [1.165, 1.54) is 68.3 Å². The lowest BCUT2D eigenvalue weighted by Gasteiger charge is -2.22. The van der Waals surface area contributed by atoms with Crippen LogP contribution in [0.15, 0.2) is 6.20 Å². The van der Waals surface area contributed by atoms with Crippen molar-refractivity contribution in [1.82, 2.24) is 19.5 Å². The molecule has 2 aliphatic carbocycles. The molecule has 1 saturated carbocycles. The molecule has 3 aliphatic rings. The highest BCUT2D eigenvalue weighted by Crippen LogP contribution is 2.35. The molecule has 5 rings (SSSR count). The third-order valence-electron chi connectivity index (χ3n) is 6.59. The lowest BCUT2D eigenvalue weighted by molar-refractivity contribution is 0.430. The van der Waals surface area contributed by atoms with Crippen molar-refractivity contribution >= 4 is 17.7 Å². The Morgan fingerprint density at radius 3 is 2.59 bits per heavy atom. The van der Waals surface area contributed by atoms with E-state index in [0.717, 1.165) is 43.6 Å². The fraction of sp³-hybridized carbons (Fsp3) is 0.667. The molecule has 3 heterocycles. The minimum absolute atomic E-state index is 0.656. The first-order chi connectivity index (χ1) is 13.3. The largest absolute Gasteiger partial charge is 0.341 e. The van der Waals surface area contributed by atoms with Gasteiger partial charge in [0.2, 0.25) is 11.9 Å². The summed E-state index contributed by atoms with van der Waals surface area (Å²) < 4.78 is 2.25. The second kappa shape index (κ2) is 7.13. The lowest BCUT2D eigenvalue weighted by Crippen LogP contribution is -2.22. The Labute approximate surface area is 161 Å². The van der Waals surface area contributed by atoms with Crippen LogP contribution in [0.2, 0.25) is 0 Å². The average molecular weight is 367 g/mol. The number of anilines is 3. The van der Waals surface area contributed by atoms with Gasteiger partial charge >= 0.3 is 0 Å². The quantitative estimate of drug-likeness (QED) is 0.883. The molecule has 0 unspecified atom stereocenters. The van der Waals surface area contributed by atoms with E-state index in [0.29, 0.717) is 5.92 Å². The lowest BCUT2D eigenvalue weighted by atomic mass is 9.87. The number of hydrogen-bond acceptors (Lipinski definition) is 5. The molecule has 0 spiro atoms. The van der Waals surface area contributed by atoms with Crippen LogP contribution >= 0.6 is 0 Å². The smallest absolute Gasteiger partial charge is 0.227 e. The monoisotopic (exact) mass is 366 g/mol. The molecule has 6 nitrogen and oxygen atoms in total. The summed E-state index contributed by atoms with van der Waals surface area (Å²) in [5, 5.41) is 3.57. The highest BCUT2D eigenvalue weighted by atomic mass is 15.3. The Balaban J connectivity index is 1.44. The summed E-state index contributed by atoms with van der Waals surface area (Å²) in [5.74, 6) is 3.44. The first-order valence-corrected chi connectivity index (χ1v) is 10.7. The summed E-state index contributed by atoms with van der Waals surface area (Å²) in [4.78, 5) is 16.9. The molecule has 0 radical (unpaired) electrons. The van der Waals surface area contributed by atoms with Gasteiger partial charge < -0.3 is 14.8 Å². The van der Waals surface area contributed by atoms with Crippen molar-refractivity contribution in [2.24, 2.45) is 7.05 Å². The van der Waals surface area contributed by atoms with E-state index in [4.69, 9.17) is 15.0 Å². The number of nitrogens with zero attached hydrogens (tertiary/aromatic N) is 5. The third-order valence-corrected chi connectivity index (χ3v) is 6.59. The van der Waals surface area contributed by atoms with Crippen LogP contribution in [0, 0.1) is 0 Å². The number of rotatable bonds is 4. The maximum absolute atomic E-state index is 4.93. The topological polar surface area (TPSA) is 58.9 Å². The zero-order chi connectivity index (χ0) is 18.2. The van der Waals surface area contributed by atoms with Gasteiger partial charge in [-0.3, -0.25) is 0 Å². The standard InChI is InChI=1S/C21H30N6/c1-26-18(15-8-3-2-4-9-15)14-22-20(26)24-19-16-10-7-11-17(16)23-21(25-19)27-12-5-6-13-27/h14-15H,2-13H2,1H3,(H,22,23,24,25). The Bertz CT molecular complexity index is 814. The predicted octanol–water partition coefficient (Wildman–Crippen LogP) is 4.09. The zero-order valence-electron chi connectivity index (χ0n) is 16.4. The highest BCUT2D eigenvalue weighted by molar-refractivity contribution is 5.59. The van der Waals surface area contributed by atoms with Gasteiger partial charge in [-0.25, -0.2) is 9.97 Å². The van der Waals surface area contributed by atoms with Crippen molar-refractivity contribution < 1.29 is 0 Å². The van der Waals surface area contributed by atoms with Crippen molar-refractivity contribution in [2.75, 3.05) is 23.3 Å². The van der Waals surface area contributed by atoms with Gasteiger partial charge in [-0.05, 0) is 44.9 Å². The molecule has 0 amide bonds. The molecule has 6 heteroatoms. The van der Waals surface area contributed by atoms with Crippen LogP contribution in [0.5, 0.6) is 0 Å². The summed E-state index contributed by atoms with van der Waals surface area (Å²) in [6, 6.07) is 0. The minimum atomic E-state index is 0.656. The molecule has 144 valence electrons. The Morgan fingerprint density at radius 1 is 0.963 bits per heavy atom. The molecule has 27 heavy (non-hydrogen) atoms. The molecule has 2 aromatic heterocycles. The first-order valence-electron chi connectivity index (χ1n) is 10.7. The minimum Gasteiger partial charge on any atom is -0.341 e. The summed E-state index contributed by atoms with van der Waals surface area (Å²) in [6.07, 6.45) is 14.5. The van der Waals surface area contributed by atoms with Crippen molar-refractivity contribution in [1.29, 1.82) is 0 Å². The van der Waals surface area contributed by atoms with Gasteiger partial charge in [0, 0.05) is 37.3 Å². The number of hydrogen-bond donors (Lipinski definition) is 1. The van der Waals surface area contributed by atoms with E-state index in [-0.39, 0.29) is 0 Å². The third kappa shape index (κ3) is 3.19. The second-order valence-electron chi connectivity index (χ2n) is 8.37. The van der Waals surface area contributed by atoms with Crippen molar-refractivity contribution in [3.8, 4) is 0 Å². The number of imidazole rings is 1. The van der Waals surface area contributed by atoms with Gasteiger partial charge in [-0.1, -0.05) is 19.3 Å². The van der Waals surface area contributed by atoms with E-state index >= 15 is 0 Å². The average Bonchev–Trinajstić information content (AvgIpc) is 3.44. The number of fused-ring (bicyclic) bond motifs is 1. The van der Waals surface area contributed by atoms with Gasteiger partial charge in [0.25, 0.3) is 0 Å². The van der Waals surface area contributed by atoms with Crippen LogP contribution in [0.3, 0.4) is 0 Å². The maximum Gasteiger partial charge on any atom is 0.227 e. The summed E-state index contributed by atoms with van der Waals surface area (Å²) >= 11 is 0. The van der Waals surface area contributed by atoms with Gasteiger partial charge in [-0.2, -0.15) is 4.98 Å². The van der Waals surface area contributed by atoms with Crippen LogP contribution in [0.1, 0.15) is 74.2 Å². The fourth-order valence-corrected chi connectivity index (χ4v) is 5.00. The second-order valence-corrected chi connectivity index (χ2v) is 8.37. The Kier molecular flexibility index (Phi) is 4.50. The van der Waals surface area contributed by atoms with Crippen molar-refractivity contribution in [2.45, 2.75) is 70.1 Å². The predicted molar refractivity (Wildman–Crippen MR) is 108 cm³/mol. The van der Waals surface area contributed by atoms with E-state index in [1.807, 2.05) is 0 Å². The summed E-state index contributed by atoms with van der Waals surface area (Å²) in [5.41, 5.74) is 3.89. The van der Waals surface area contributed by atoms with Gasteiger partial charge in [0.05, 0.1) is 11.9 Å². The van der Waals surface area contributed by atoms with E-state index < -0.39 is 0 Å². The summed E-state index contributed by atoms with van der Waals surface area (Å²) in [7, 11) is 2.14. The Morgan fingerprint density at radius 2 is 1.78 bits per heavy atom. The molecule has 2 fully saturated rings. The van der Waals surface area contributed by atoms with Crippen LogP contribution in [0.4, 0.5) is 17.7 Å². The molecule has 0 bridgehead atoms. The number of aromatic nitrogens is 4. The SMILES string of the molecule is Cn1c(C2CCCCC2)cnc1Nc1nc(N2CCCC2)nc2c1CCC2. The van der Waals surface area contributed by atoms with Crippen LogP contribution in [0.25, 0.3) is 0 Å². The van der Waals surface area contributed by atoms with Crippen LogP contribution in [-0.4, -0.2) is 32.6 Å². The number of nitrogens with one attached hydrogen (secondary N) is 1. The normalized spacial score (nSPS) is 20.3. The van der Waals surface area contributed by atoms with Crippen molar-refractivity contribution in [3.05, 3.63) is 23.1 Å². The Hall–Kier alpha value is -2.11.